The van der Waals surface area contributed by atoms with E-state index in [4.69, 9.17) is 4.74 Å². The van der Waals surface area contributed by atoms with Gasteiger partial charge in [-0.3, -0.25) is 0 Å². The maximum atomic E-state index is 5.71. The van der Waals surface area contributed by atoms with E-state index in [9.17, 15) is 0 Å². The van der Waals surface area contributed by atoms with Crippen LogP contribution in [-0.4, -0.2) is 29.1 Å². The second kappa shape index (κ2) is 5.50. The maximum Gasteiger partial charge on any atom is 0.137 e. The maximum absolute atomic E-state index is 5.71. The van der Waals surface area contributed by atoms with E-state index < -0.39 is 0 Å². The van der Waals surface area contributed by atoms with E-state index in [2.05, 4.69) is 10.3 Å². The second-order valence-corrected chi connectivity index (χ2v) is 4.90. The number of aromatic nitrogens is 2. The Morgan fingerprint density at radius 1 is 1.44 bits per heavy atom. The van der Waals surface area contributed by atoms with Crippen LogP contribution in [0.3, 0.4) is 0 Å². The first-order valence-corrected chi connectivity index (χ1v) is 6.63. The molecular weight excluding hydrogens is 226 g/mol. The first-order valence-electron chi connectivity index (χ1n) is 6.63. The molecular formula is C14H19N3O. The summed E-state index contributed by atoms with van der Waals surface area (Å²) >= 11 is 0. The van der Waals surface area contributed by atoms with E-state index in [-0.39, 0.29) is 0 Å². The average molecular weight is 245 g/mol. The summed E-state index contributed by atoms with van der Waals surface area (Å²) in [5.41, 5.74) is 1.99. The Morgan fingerprint density at radius 2 is 2.44 bits per heavy atom. The van der Waals surface area contributed by atoms with Crippen LogP contribution in [0.2, 0.25) is 0 Å². The molecule has 0 radical (unpaired) electrons. The highest BCUT2D eigenvalue weighted by Gasteiger charge is 2.13. The van der Waals surface area contributed by atoms with E-state index in [1.807, 2.05) is 35.0 Å². The van der Waals surface area contributed by atoms with Crippen molar-refractivity contribution in [2.24, 2.45) is 5.92 Å². The van der Waals surface area contributed by atoms with Crippen molar-refractivity contribution in [2.75, 3.05) is 19.7 Å². The molecule has 96 valence electrons. The number of rotatable bonds is 5. The van der Waals surface area contributed by atoms with Gasteiger partial charge in [-0.1, -0.05) is 6.07 Å². The predicted octanol–water partition coefficient (Wildman–Crippen LogP) is 1.85. The van der Waals surface area contributed by atoms with Crippen LogP contribution in [-0.2, 0) is 11.3 Å². The molecule has 1 saturated heterocycles. The number of nitrogens with zero attached hydrogens (tertiary/aromatic N) is 2. The first kappa shape index (κ1) is 11.7. The fourth-order valence-electron chi connectivity index (χ4n) is 2.44. The predicted molar refractivity (Wildman–Crippen MR) is 70.4 cm³/mol. The number of hydrogen-bond acceptors (Lipinski definition) is 3. The van der Waals surface area contributed by atoms with Gasteiger partial charge in [0.05, 0.1) is 12.3 Å². The monoisotopic (exact) mass is 245 g/mol. The van der Waals surface area contributed by atoms with E-state index in [1.165, 1.54) is 6.42 Å². The van der Waals surface area contributed by atoms with Crippen LogP contribution < -0.4 is 5.32 Å². The molecule has 4 heteroatoms. The molecule has 3 heterocycles. The summed E-state index contributed by atoms with van der Waals surface area (Å²) in [6.45, 7) is 3.76. The summed E-state index contributed by atoms with van der Waals surface area (Å²) < 4.78 is 7.73. The van der Waals surface area contributed by atoms with Gasteiger partial charge >= 0.3 is 0 Å². The Morgan fingerprint density at radius 3 is 3.28 bits per heavy atom. The molecule has 1 fully saturated rings. The summed E-state index contributed by atoms with van der Waals surface area (Å²) in [6.07, 6.45) is 6.49. The van der Waals surface area contributed by atoms with Crippen molar-refractivity contribution in [3.8, 4) is 0 Å². The number of imidazole rings is 1. The minimum absolute atomic E-state index is 0.613. The van der Waals surface area contributed by atoms with Crippen molar-refractivity contribution in [3.63, 3.8) is 0 Å². The number of pyridine rings is 1. The van der Waals surface area contributed by atoms with Crippen molar-refractivity contribution in [3.05, 3.63) is 36.3 Å². The van der Waals surface area contributed by atoms with Crippen molar-refractivity contribution < 1.29 is 4.74 Å². The molecule has 0 aromatic carbocycles. The summed E-state index contributed by atoms with van der Waals surface area (Å²) in [5, 5.41) is 3.38. The first-order chi connectivity index (χ1) is 8.92. The lowest BCUT2D eigenvalue weighted by Gasteiger charge is -2.07. The van der Waals surface area contributed by atoms with Gasteiger partial charge in [0.2, 0.25) is 0 Å². The van der Waals surface area contributed by atoms with Gasteiger partial charge in [0.15, 0.2) is 0 Å². The van der Waals surface area contributed by atoms with Gasteiger partial charge in [-0.2, -0.15) is 0 Å². The zero-order chi connectivity index (χ0) is 12.2. The summed E-state index contributed by atoms with van der Waals surface area (Å²) in [4.78, 5) is 4.51. The molecule has 0 saturated carbocycles. The van der Waals surface area contributed by atoms with Crippen molar-refractivity contribution >= 4 is 5.65 Å². The number of fused-ring (bicyclic) bond motifs is 1. The molecule has 0 aliphatic carbocycles. The number of nitrogens with one attached hydrogen (secondary N) is 1. The Hall–Kier alpha value is -1.39. The SMILES string of the molecule is c1ccn2cc(COCCC3CCNC3)nc2c1. The Labute approximate surface area is 107 Å². The molecule has 2 aromatic heterocycles. The molecule has 0 spiro atoms. The van der Waals surface area contributed by atoms with E-state index in [0.717, 1.165) is 43.4 Å². The van der Waals surface area contributed by atoms with Crippen LogP contribution in [0.4, 0.5) is 0 Å². The van der Waals surface area contributed by atoms with E-state index in [0.29, 0.717) is 6.61 Å². The second-order valence-electron chi connectivity index (χ2n) is 4.90. The Balaban J connectivity index is 1.47. The summed E-state index contributed by atoms with van der Waals surface area (Å²) in [5.74, 6) is 0.797. The topological polar surface area (TPSA) is 38.6 Å². The van der Waals surface area contributed by atoms with Crippen LogP contribution in [0.5, 0.6) is 0 Å². The molecule has 3 rings (SSSR count). The van der Waals surface area contributed by atoms with Crippen molar-refractivity contribution in [1.82, 2.24) is 14.7 Å². The Bertz CT molecular complexity index is 469. The highest BCUT2D eigenvalue weighted by atomic mass is 16.5. The molecule has 1 atom stereocenters. The van der Waals surface area contributed by atoms with Gasteiger partial charge in [-0.15, -0.1) is 0 Å². The number of hydrogen-bond donors (Lipinski definition) is 1. The molecule has 1 aliphatic rings. The number of ether oxygens (including phenoxy) is 1. The fraction of sp³-hybridized carbons (Fsp3) is 0.500. The lowest BCUT2D eigenvalue weighted by molar-refractivity contribution is 0.107. The standard InChI is InChI=1S/C14H19N3O/c1-2-7-17-10-13(16-14(17)3-1)11-18-8-5-12-4-6-15-9-12/h1-3,7,10,12,15H,4-6,8-9,11H2. The van der Waals surface area contributed by atoms with Crippen LogP contribution in [0.15, 0.2) is 30.6 Å². The zero-order valence-corrected chi connectivity index (χ0v) is 10.5. The Kier molecular flexibility index (Phi) is 3.57. The van der Waals surface area contributed by atoms with Gasteiger partial charge in [-0.05, 0) is 44.0 Å². The molecule has 0 bridgehead atoms. The third-order valence-corrected chi connectivity index (χ3v) is 3.50. The zero-order valence-electron chi connectivity index (χ0n) is 10.5. The average Bonchev–Trinajstić information content (AvgIpc) is 3.03. The van der Waals surface area contributed by atoms with E-state index >= 15 is 0 Å². The third-order valence-electron chi connectivity index (χ3n) is 3.50. The highest BCUT2D eigenvalue weighted by molar-refractivity contribution is 5.39. The molecule has 1 aliphatic heterocycles. The van der Waals surface area contributed by atoms with Gasteiger partial charge in [0.1, 0.15) is 5.65 Å². The highest BCUT2D eigenvalue weighted by Crippen LogP contribution is 2.12. The molecule has 4 nitrogen and oxygen atoms in total. The molecule has 2 aromatic rings. The van der Waals surface area contributed by atoms with Gasteiger partial charge in [0.25, 0.3) is 0 Å². The van der Waals surface area contributed by atoms with Gasteiger partial charge < -0.3 is 14.5 Å². The van der Waals surface area contributed by atoms with Gasteiger partial charge in [-0.25, -0.2) is 4.98 Å². The normalized spacial score (nSPS) is 19.7. The quantitative estimate of drug-likeness (QED) is 0.817. The lowest BCUT2D eigenvalue weighted by atomic mass is 10.1. The third kappa shape index (κ3) is 2.71. The van der Waals surface area contributed by atoms with Gasteiger partial charge in [0, 0.05) is 19.0 Å². The minimum Gasteiger partial charge on any atom is -0.375 e. The molecule has 1 unspecified atom stereocenters. The lowest BCUT2D eigenvalue weighted by Crippen LogP contribution is -2.10. The van der Waals surface area contributed by atoms with Crippen LogP contribution in [0, 0.1) is 5.92 Å². The van der Waals surface area contributed by atoms with Crippen LogP contribution in [0.25, 0.3) is 5.65 Å². The van der Waals surface area contributed by atoms with Crippen molar-refractivity contribution in [1.29, 1.82) is 0 Å². The van der Waals surface area contributed by atoms with Crippen LogP contribution in [0.1, 0.15) is 18.5 Å². The fourth-order valence-corrected chi connectivity index (χ4v) is 2.44. The molecule has 18 heavy (non-hydrogen) atoms. The summed E-state index contributed by atoms with van der Waals surface area (Å²) in [7, 11) is 0. The smallest absolute Gasteiger partial charge is 0.137 e. The van der Waals surface area contributed by atoms with Crippen LogP contribution >= 0.6 is 0 Å². The van der Waals surface area contributed by atoms with Crippen molar-refractivity contribution in [2.45, 2.75) is 19.4 Å². The minimum atomic E-state index is 0.613. The molecule has 1 N–H and O–H groups in total. The largest absolute Gasteiger partial charge is 0.375 e. The van der Waals surface area contributed by atoms with E-state index in [1.54, 1.807) is 0 Å². The molecule has 0 amide bonds. The summed E-state index contributed by atoms with van der Waals surface area (Å²) in [6, 6.07) is 6.01.